The lowest BCUT2D eigenvalue weighted by Crippen LogP contribution is -2.55. The van der Waals surface area contributed by atoms with E-state index in [2.05, 4.69) is 20.4 Å². The molecule has 2 fully saturated rings. The van der Waals surface area contributed by atoms with E-state index >= 15 is 0 Å². The summed E-state index contributed by atoms with van der Waals surface area (Å²) in [4.78, 5) is 15.1. The number of nitrogens with zero attached hydrogens (tertiary/aromatic N) is 2. The number of aromatic nitrogens is 2. The van der Waals surface area contributed by atoms with E-state index in [-0.39, 0.29) is 17.8 Å². The van der Waals surface area contributed by atoms with E-state index in [1.807, 2.05) is 0 Å². The molecule has 0 spiro atoms. The van der Waals surface area contributed by atoms with E-state index in [1.165, 1.54) is 25.0 Å². The number of amides is 1. The van der Waals surface area contributed by atoms with E-state index in [0.717, 1.165) is 19.4 Å². The zero-order valence-corrected chi connectivity index (χ0v) is 13.4. The molecule has 128 valence electrons. The first-order valence-electron chi connectivity index (χ1n) is 8.50. The maximum absolute atomic E-state index is 13.3. The van der Waals surface area contributed by atoms with Crippen LogP contribution in [0.25, 0.3) is 10.9 Å². The van der Waals surface area contributed by atoms with E-state index in [4.69, 9.17) is 4.74 Å². The maximum atomic E-state index is 13.3. The molecule has 1 aliphatic heterocycles. The van der Waals surface area contributed by atoms with Gasteiger partial charge in [0, 0.05) is 18.0 Å². The number of ether oxygens (including phenoxy) is 1. The van der Waals surface area contributed by atoms with Crippen LogP contribution in [0.3, 0.4) is 0 Å². The van der Waals surface area contributed by atoms with Crippen LogP contribution in [0.5, 0.6) is 0 Å². The average Bonchev–Trinajstić information content (AvgIpc) is 3.25. The standard InChI is InChI=1S/C17H21FN4O2/c18-11-5-6-13-14(9-11)20-21-16(13)19-17(23)15-10-24-8-7-22(15)12-3-1-2-4-12/h5-6,9,12,15H,1-4,7-8,10H2,(H2,19,20,21,23)/t15-/m0/s1. The SMILES string of the molecule is O=C(Nc1n[nH]c2cc(F)ccc12)[C@@H]1COCCN1C1CCCC1. The minimum atomic E-state index is -0.336. The number of aromatic amines is 1. The van der Waals surface area contributed by atoms with Crippen molar-refractivity contribution in [2.24, 2.45) is 0 Å². The Morgan fingerprint density at radius 2 is 2.21 bits per heavy atom. The summed E-state index contributed by atoms with van der Waals surface area (Å²) in [5.74, 6) is -0.0108. The minimum Gasteiger partial charge on any atom is -0.378 e. The van der Waals surface area contributed by atoms with Crippen molar-refractivity contribution in [3.05, 3.63) is 24.0 Å². The average molecular weight is 332 g/mol. The van der Waals surface area contributed by atoms with E-state index in [1.54, 1.807) is 6.07 Å². The molecular formula is C17H21FN4O2. The normalized spacial score (nSPS) is 23.0. The van der Waals surface area contributed by atoms with Gasteiger partial charge in [-0.2, -0.15) is 5.10 Å². The molecule has 24 heavy (non-hydrogen) atoms. The predicted molar refractivity (Wildman–Crippen MR) is 88.3 cm³/mol. The number of H-pyrrole nitrogens is 1. The number of nitrogens with one attached hydrogen (secondary N) is 2. The highest BCUT2D eigenvalue weighted by Gasteiger charge is 2.35. The number of halogens is 1. The van der Waals surface area contributed by atoms with Gasteiger partial charge in [-0.25, -0.2) is 4.39 Å². The molecule has 1 aromatic heterocycles. The number of fused-ring (bicyclic) bond motifs is 1. The van der Waals surface area contributed by atoms with Crippen molar-refractivity contribution in [1.82, 2.24) is 15.1 Å². The highest BCUT2D eigenvalue weighted by Crippen LogP contribution is 2.27. The molecule has 2 aliphatic rings. The topological polar surface area (TPSA) is 70.2 Å². The Morgan fingerprint density at radius 3 is 3.04 bits per heavy atom. The molecule has 2 heterocycles. The summed E-state index contributed by atoms with van der Waals surface area (Å²) in [6.45, 7) is 1.86. The lowest BCUT2D eigenvalue weighted by Gasteiger charge is -2.38. The van der Waals surface area contributed by atoms with Crippen molar-refractivity contribution < 1.29 is 13.9 Å². The Labute approximate surface area is 139 Å². The van der Waals surface area contributed by atoms with Gasteiger partial charge in [0.15, 0.2) is 5.82 Å². The monoisotopic (exact) mass is 332 g/mol. The van der Waals surface area contributed by atoms with Crippen LogP contribution in [0.1, 0.15) is 25.7 Å². The van der Waals surface area contributed by atoms with Crippen molar-refractivity contribution in [1.29, 1.82) is 0 Å². The Morgan fingerprint density at radius 1 is 1.38 bits per heavy atom. The second-order valence-electron chi connectivity index (χ2n) is 6.52. The molecule has 0 bridgehead atoms. The summed E-state index contributed by atoms with van der Waals surface area (Å²) in [6, 6.07) is 4.52. The highest BCUT2D eigenvalue weighted by atomic mass is 19.1. The second-order valence-corrected chi connectivity index (χ2v) is 6.52. The summed E-state index contributed by atoms with van der Waals surface area (Å²) in [5.41, 5.74) is 0.567. The van der Waals surface area contributed by atoms with Crippen molar-refractivity contribution in [3.63, 3.8) is 0 Å². The zero-order valence-electron chi connectivity index (χ0n) is 13.4. The van der Waals surface area contributed by atoms with Crippen LogP contribution in [-0.4, -0.2) is 52.8 Å². The molecule has 1 aliphatic carbocycles. The van der Waals surface area contributed by atoms with Crippen LogP contribution in [0.2, 0.25) is 0 Å². The summed E-state index contributed by atoms with van der Waals surface area (Å²) in [6.07, 6.45) is 4.75. The summed E-state index contributed by atoms with van der Waals surface area (Å²) in [5, 5.41) is 10.4. The van der Waals surface area contributed by atoms with Gasteiger partial charge in [0.1, 0.15) is 11.9 Å². The summed E-state index contributed by atoms with van der Waals surface area (Å²) < 4.78 is 18.8. The number of rotatable bonds is 3. The molecule has 1 aromatic carbocycles. The van der Waals surface area contributed by atoms with E-state index in [0.29, 0.717) is 36.0 Å². The molecular weight excluding hydrogens is 311 g/mol. The van der Waals surface area contributed by atoms with Gasteiger partial charge in [-0.1, -0.05) is 12.8 Å². The second kappa shape index (κ2) is 6.49. The molecule has 1 saturated carbocycles. The van der Waals surface area contributed by atoms with Crippen molar-refractivity contribution in [3.8, 4) is 0 Å². The number of hydrogen-bond donors (Lipinski definition) is 2. The van der Waals surface area contributed by atoms with Crippen LogP contribution in [0.4, 0.5) is 10.2 Å². The number of anilines is 1. The van der Waals surface area contributed by atoms with E-state index in [9.17, 15) is 9.18 Å². The van der Waals surface area contributed by atoms with Crippen molar-refractivity contribution in [2.75, 3.05) is 25.1 Å². The quantitative estimate of drug-likeness (QED) is 0.905. The van der Waals surface area contributed by atoms with Crippen molar-refractivity contribution >= 4 is 22.6 Å². The molecule has 4 rings (SSSR count). The number of morpholine rings is 1. The molecule has 1 saturated heterocycles. The fraction of sp³-hybridized carbons (Fsp3) is 0.529. The largest absolute Gasteiger partial charge is 0.378 e. The van der Waals surface area contributed by atoms with Gasteiger partial charge in [-0.05, 0) is 31.0 Å². The Balaban J connectivity index is 1.53. The number of hydrogen-bond acceptors (Lipinski definition) is 4. The van der Waals surface area contributed by atoms with Gasteiger partial charge >= 0.3 is 0 Å². The third kappa shape index (κ3) is 2.89. The molecule has 1 amide bonds. The van der Waals surface area contributed by atoms with Gasteiger partial charge in [-0.15, -0.1) is 0 Å². The number of carbonyl (C=O) groups excluding carboxylic acids is 1. The molecule has 2 N–H and O–H groups in total. The first kappa shape index (κ1) is 15.5. The van der Waals surface area contributed by atoms with Crippen LogP contribution >= 0.6 is 0 Å². The number of benzene rings is 1. The molecule has 7 heteroatoms. The van der Waals surface area contributed by atoms with Crippen LogP contribution in [0, 0.1) is 5.82 Å². The highest BCUT2D eigenvalue weighted by molar-refractivity contribution is 6.01. The molecule has 1 atom stereocenters. The van der Waals surface area contributed by atoms with Crippen LogP contribution < -0.4 is 5.32 Å². The first-order chi connectivity index (χ1) is 11.7. The third-order valence-corrected chi connectivity index (χ3v) is 5.03. The maximum Gasteiger partial charge on any atom is 0.245 e. The van der Waals surface area contributed by atoms with Crippen LogP contribution in [-0.2, 0) is 9.53 Å². The van der Waals surface area contributed by atoms with Gasteiger partial charge < -0.3 is 10.1 Å². The van der Waals surface area contributed by atoms with E-state index < -0.39 is 0 Å². The molecule has 0 radical (unpaired) electrons. The third-order valence-electron chi connectivity index (χ3n) is 5.03. The van der Waals surface area contributed by atoms with Crippen LogP contribution in [0.15, 0.2) is 18.2 Å². The van der Waals surface area contributed by atoms with Gasteiger partial charge in [0.25, 0.3) is 0 Å². The molecule has 6 nitrogen and oxygen atoms in total. The Hall–Kier alpha value is -1.99. The molecule has 0 unspecified atom stereocenters. The number of carbonyl (C=O) groups is 1. The lowest BCUT2D eigenvalue weighted by atomic mass is 10.1. The fourth-order valence-electron chi connectivity index (χ4n) is 3.80. The van der Waals surface area contributed by atoms with Crippen molar-refractivity contribution in [2.45, 2.75) is 37.8 Å². The summed E-state index contributed by atoms with van der Waals surface area (Å²) >= 11 is 0. The Bertz CT molecular complexity index is 741. The predicted octanol–water partition coefficient (Wildman–Crippen LogP) is 2.28. The minimum absolute atomic E-state index is 0.112. The van der Waals surface area contributed by atoms with Gasteiger partial charge in [0.05, 0.1) is 18.7 Å². The van der Waals surface area contributed by atoms with Gasteiger partial charge in [-0.3, -0.25) is 14.8 Å². The molecule has 2 aromatic rings. The fourth-order valence-corrected chi connectivity index (χ4v) is 3.80. The lowest BCUT2D eigenvalue weighted by molar-refractivity contribution is -0.129. The smallest absolute Gasteiger partial charge is 0.245 e. The Kier molecular flexibility index (Phi) is 4.20. The van der Waals surface area contributed by atoms with Gasteiger partial charge in [0.2, 0.25) is 5.91 Å². The first-order valence-corrected chi connectivity index (χ1v) is 8.50. The summed E-state index contributed by atoms with van der Waals surface area (Å²) in [7, 11) is 0. The zero-order chi connectivity index (χ0) is 16.5.